The smallest absolute Gasteiger partial charge is 0.341 e. The number of hydrogen-bond donors (Lipinski definition) is 2. The standard InChI is InChI=1S/C19H19N3O5/c1-3-4-15-9-13(10-16(26-2)18(15)27-12-17(23)24)11-21-22-19(25)14-5-7-20-8-6-14/h3,5-11H,1,4,12H2,2H3,(H,22,25)(H,23,24)/b21-11-. The molecule has 2 rings (SSSR count). The van der Waals surface area contributed by atoms with Crippen molar-refractivity contribution in [1.82, 2.24) is 10.4 Å². The van der Waals surface area contributed by atoms with E-state index in [2.05, 4.69) is 22.1 Å². The summed E-state index contributed by atoms with van der Waals surface area (Å²) in [6.45, 7) is 3.20. The number of methoxy groups -OCH3 is 1. The quantitative estimate of drug-likeness (QED) is 0.398. The van der Waals surface area contributed by atoms with Crippen molar-refractivity contribution >= 4 is 18.1 Å². The first-order valence-electron chi connectivity index (χ1n) is 7.95. The molecule has 0 bridgehead atoms. The maximum Gasteiger partial charge on any atom is 0.341 e. The van der Waals surface area contributed by atoms with Crippen molar-refractivity contribution in [3.8, 4) is 11.5 Å². The lowest BCUT2D eigenvalue weighted by molar-refractivity contribution is -0.139. The van der Waals surface area contributed by atoms with Crippen molar-refractivity contribution in [2.45, 2.75) is 6.42 Å². The van der Waals surface area contributed by atoms with Gasteiger partial charge in [-0.25, -0.2) is 10.2 Å². The fourth-order valence-electron chi connectivity index (χ4n) is 2.25. The summed E-state index contributed by atoms with van der Waals surface area (Å²) in [6, 6.07) is 6.53. The number of aromatic nitrogens is 1. The minimum absolute atomic E-state index is 0.331. The Bertz CT molecular complexity index is 850. The van der Waals surface area contributed by atoms with Crippen LogP contribution >= 0.6 is 0 Å². The predicted molar refractivity (Wildman–Crippen MR) is 99.3 cm³/mol. The van der Waals surface area contributed by atoms with E-state index in [4.69, 9.17) is 14.6 Å². The lowest BCUT2D eigenvalue weighted by Crippen LogP contribution is -2.17. The lowest BCUT2D eigenvalue weighted by atomic mass is 10.1. The Morgan fingerprint density at radius 3 is 2.70 bits per heavy atom. The van der Waals surface area contributed by atoms with Crippen molar-refractivity contribution < 1.29 is 24.2 Å². The number of nitrogens with zero attached hydrogens (tertiary/aromatic N) is 2. The van der Waals surface area contributed by atoms with Crippen molar-refractivity contribution in [3.05, 3.63) is 66.0 Å². The SMILES string of the molecule is C=CCc1cc(/C=N\NC(=O)c2ccncc2)cc(OC)c1OCC(=O)O. The van der Waals surface area contributed by atoms with Gasteiger partial charge >= 0.3 is 5.97 Å². The first-order chi connectivity index (χ1) is 13.0. The number of benzene rings is 1. The van der Waals surface area contributed by atoms with Crippen LogP contribution in [-0.4, -0.2) is 41.9 Å². The van der Waals surface area contributed by atoms with Gasteiger partial charge in [-0.1, -0.05) is 6.08 Å². The first kappa shape index (κ1) is 19.6. The van der Waals surface area contributed by atoms with E-state index < -0.39 is 12.6 Å². The number of carboxylic acids is 1. The normalized spacial score (nSPS) is 10.4. The number of ether oxygens (including phenoxy) is 2. The Morgan fingerprint density at radius 2 is 2.07 bits per heavy atom. The highest BCUT2D eigenvalue weighted by atomic mass is 16.5. The van der Waals surface area contributed by atoms with Crippen LogP contribution in [0.2, 0.25) is 0 Å². The molecule has 8 heteroatoms. The first-order valence-corrected chi connectivity index (χ1v) is 7.95. The largest absolute Gasteiger partial charge is 0.493 e. The van der Waals surface area contributed by atoms with Gasteiger partial charge in [-0.05, 0) is 36.2 Å². The number of carbonyl (C=O) groups excluding carboxylic acids is 1. The van der Waals surface area contributed by atoms with E-state index in [1.807, 2.05) is 0 Å². The molecule has 2 aromatic rings. The van der Waals surface area contributed by atoms with E-state index >= 15 is 0 Å². The van der Waals surface area contributed by atoms with E-state index in [1.165, 1.54) is 25.7 Å². The molecule has 0 unspecified atom stereocenters. The zero-order valence-electron chi connectivity index (χ0n) is 14.7. The highest BCUT2D eigenvalue weighted by molar-refractivity contribution is 5.94. The Morgan fingerprint density at radius 1 is 1.33 bits per heavy atom. The van der Waals surface area contributed by atoms with Gasteiger partial charge in [0, 0.05) is 23.5 Å². The van der Waals surface area contributed by atoms with Crippen molar-refractivity contribution in [2.24, 2.45) is 5.10 Å². The van der Waals surface area contributed by atoms with Crippen molar-refractivity contribution in [2.75, 3.05) is 13.7 Å². The van der Waals surface area contributed by atoms with Gasteiger partial charge in [0.1, 0.15) is 0 Å². The summed E-state index contributed by atoms with van der Waals surface area (Å²) in [4.78, 5) is 26.6. The molecule has 1 heterocycles. The number of aliphatic carboxylic acids is 1. The van der Waals surface area contributed by atoms with Gasteiger partial charge in [0.25, 0.3) is 5.91 Å². The fraction of sp³-hybridized carbons (Fsp3) is 0.158. The maximum atomic E-state index is 12.0. The molecule has 1 aromatic carbocycles. The van der Waals surface area contributed by atoms with Gasteiger partial charge in [-0.3, -0.25) is 9.78 Å². The average molecular weight is 369 g/mol. The van der Waals surface area contributed by atoms with Crippen LogP contribution < -0.4 is 14.9 Å². The third-order valence-electron chi connectivity index (χ3n) is 3.40. The van der Waals surface area contributed by atoms with Crippen LogP contribution in [0.25, 0.3) is 0 Å². The number of carboxylic acid groups (broad SMARTS) is 1. The highest BCUT2D eigenvalue weighted by Gasteiger charge is 2.13. The number of hydrazone groups is 1. The number of amides is 1. The van der Waals surface area contributed by atoms with E-state index in [-0.39, 0.29) is 5.91 Å². The minimum Gasteiger partial charge on any atom is -0.493 e. The van der Waals surface area contributed by atoms with Gasteiger partial charge in [0.2, 0.25) is 0 Å². The van der Waals surface area contributed by atoms with Gasteiger partial charge in [0.15, 0.2) is 18.1 Å². The van der Waals surface area contributed by atoms with Crippen LogP contribution in [-0.2, 0) is 11.2 Å². The molecule has 0 saturated heterocycles. The number of nitrogens with one attached hydrogen (secondary N) is 1. The number of allylic oxidation sites excluding steroid dienone is 1. The zero-order chi connectivity index (χ0) is 19.6. The molecule has 0 fully saturated rings. The maximum absolute atomic E-state index is 12.0. The topological polar surface area (TPSA) is 110 Å². The number of pyridine rings is 1. The van der Waals surface area contributed by atoms with E-state index in [0.29, 0.717) is 34.6 Å². The van der Waals surface area contributed by atoms with Crippen molar-refractivity contribution in [3.63, 3.8) is 0 Å². The summed E-state index contributed by atoms with van der Waals surface area (Å²) in [6.07, 6.45) is 6.59. The van der Waals surface area contributed by atoms with E-state index in [9.17, 15) is 9.59 Å². The summed E-state index contributed by atoms with van der Waals surface area (Å²) in [5, 5.41) is 12.8. The molecule has 0 aliphatic heterocycles. The number of rotatable bonds is 9. The lowest BCUT2D eigenvalue weighted by Gasteiger charge is -2.14. The van der Waals surface area contributed by atoms with Gasteiger partial charge < -0.3 is 14.6 Å². The molecule has 0 radical (unpaired) electrons. The molecule has 1 amide bonds. The van der Waals surface area contributed by atoms with E-state index in [0.717, 1.165) is 0 Å². The molecule has 2 N–H and O–H groups in total. The molecule has 0 aliphatic rings. The predicted octanol–water partition coefficient (Wildman–Crippen LogP) is 2.05. The average Bonchev–Trinajstić information content (AvgIpc) is 2.67. The third kappa shape index (κ3) is 5.67. The summed E-state index contributed by atoms with van der Waals surface area (Å²) >= 11 is 0. The van der Waals surface area contributed by atoms with Crippen LogP contribution in [0, 0.1) is 0 Å². The molecule has 1 aromatic heterocycles. The summed E-state index contributed by atoms with van der Waals surface area (Å²) in [5.41, 5.74) is 4.19. The zero-order valence-corrected chi connectivity index (χ0v) is 14.7. The Kier molecular flexibility index (Phi) is 7.07. The minimum atomic E-state index is -1.09. The second kappa shape index (κ2) is 9.71. The third-order valence-corrected chi connectivity index (χ3v) is 3.40. The fourth-order valence-corrected chi connectivity index (χ4v) is 2.25. The molecule has 0 atom stereocenters. The van der Waals surface area contributed by atoms with E-state index in [1.54, 1.807) is 30.3 Å². The molecule has 0 spiro atoms. The molecular formula is C19H19N3O5. The Balaban J connectivity index is 2.20. The van der Waals surface area contributed by atoms with Crippen LogP contribution in [0.15, 0.2) is 54.4 Å². The molecular weight excluding hydrogens is 350 g/mol. The van der Waals surface area contributed by atoms with Gasteiger partial charge in [-0.15, -0.1) is 6.58 Å². The van der Waals surface area contributed by atoms with Crippen LogP contribution in [0.5, 0.6) is 11.5 Å². The molecule has 0 aliphatic carbocycles. The summed E-state index contributed by atoms with van der Waals surface area (Å²) < 4.78 is 10.6. The molecule has 140 valence electrons. The monoisotopic (exact) mass is 369 g/mol. The van der Waals surface area contributed by atoms with Crippen LogP contribution in [0.3, 0.4) is 0 Å². The van der Waals surface area contributed by atoms with Crippen LogP contribution in [0.1, 0.15) is 21.5 Å². The number of hydrogen-bond acceptors (Lipinski definition) is 6. The second-order valence-electron chi connectivity index (χ2n) is 5.32. The summed E-state index contributed by atoms with van der Waals surface area (Å²) in [7, 11) is 1.45. The summed E-state index contributed by atoms with van der Waals surface area (Å²) in [5.74, 6) is -0.769. The Labute approximate surface area is 156 Å². The second-order valence-corrected chi connectivity index (χ2v) is 5.32. The number of carbonyl (C=O) groups is 2. The van der Waals surface area contributed by atoms with Crippen LogP contribution in [0.4, 0.5) is 0 Å². The molecule has 0 saturated carbocycles. The van der Waals surface area contributed by atoms with Gasteiger partial charge in [0.05, 0.1) is 13.3 Å². The van der Waals surface area contributed by atoms with Gasteiger partial charge in [-0.2, -0.15) is 5.10 Å². The molecule has 27 heavy (non-hydrogen) atoms. The molecule has 8 nitrogen and oxygen atoms in total. The Hall–Kier alpha value is -3.68. The van der Waals surface area contributed by atoms with Crippen molar-refractivity contribution in [1.29, 1.82) is 0 Å². The highest BCUT2D eigenvalue weighted by Crippen LogP contribution is 2.33.